The molecule has 0 aliphatic heterocycles. The molecule has 0 bridgehead atoms. The predicted octanol–water partition coefficient (Wildman–Crippen LogP) is 0.130. The number of amides is 1. The molecule has 3 N–H and O–H groups in total. The standard InChI is InChI=1S/C10H18N2O3/c1-6(2)12-9(13)8(4)11-5-7(3)10(14)15/h6,8,11H,3,5H2,1-2,4H3,(H,12,13)(H,14,15). The van der Waals surface area contributed by atoms with Crippen molar-refractivity contribution < 1.29 is 14.7 Å². The summed E-state index contributed by atoms with van der Waals surface area (Å²) >= 11 is 0. The van der Waals surface area contributed by atoms with Gasteiger partial charge >= 0.3 is 5.97 Å². The largest absolute Gasteiger partial charge is 0.478 e. The van der Waals surface area contributed by atoms with E-state index >= 15 is 0 Å². The van der Waals surface area contributed by atoms with Crippen LogP contribution in [0, 0.1) is 0 Å². The Bertz CT molecular complexity index is 261. The number of hydrogen-bond donors (Lipinski definition) is 3. The molecule has 0 aromatic rings. The molecule has 0 saturated carbocycles. The number of carboxylic acid groups (broad SMARTS) is 1. The second kappa shape index (κ2) is 6.19. The molecule has 0 radical (unpaired) electrons. The minimum atomic E-state index is -1.06. The first-order valence-corrected chi connectivity index (χ1v) is 4.79. The summed E-state index contributed by atoms with van der Waals surface area (Å²) in [6, 6.07) is -0.354. The lowest BCUT2D eigenvalue weighted by molar-refractivity contribution is -0.133. The van der Waals surface area contributed by atoms with Crippen LogP contribution in [0.4, 0.5) is 0 Å². The fourth-order valence-electron chi connectivity index (χ4n) is 0.854. The zero-order chi connectivity index (χ0) is 12.0. The van der Waals surface area contributed by atoms with Gasteiger partial charge in [-0.3, -0.25) is 4.79 Å². The van der Waals surface area contributed by atoms with Crippen LogP contribution in [0.25, 0.3) is 0 Å². The van der Waals surface area contributed by atoms with E-state index in [4.69, 9.17) is 5.11 Å². The molecule has 5 nitrogen and oxygen atoms in total. The highest BCUT2D eigenvalue weighted by molar-refractivity contribution is 5.86. The summed E-state index contributed by atoms with van der Waals surface area (Å²) in [6.45, 7) is 8.85. The van der Waals surface area contributed by atoms with Crippen molar-refractivity contribution in [3.8, 4) is 0 Å². The third-order valence-corrected chi connectivity index (χ3v) is 1.75. The third-order valence-electron chi connectivity index (χ3n) is 1.75. The number of nitrogens with one attached hydrogen (secondary N) is 2. The summed E-state index contributed by atoms with van der Waals surface area (Å²) in [6.07, 6.45) is 0. The molecule has 1 unspecified atom stereocenters. The lowest BCUT2D eigenvalue weighted by atomic mass is 10.2. The zero-order valence-electron chi connectivity index (χ0n) is 9.33. The van der Waals surface area contributed by atoms with Crippen molar-refractivity contribution in [2.45, 2.75) is 32.9 Å². The van der Waals surface area contributed by atoms with Gasteiger partial charge in [0.25, 0.3) is 0 Å². The summed E-state index contributed by atoms with van der Waals surface area (Å²) < 4.78 is 0. The topological polar surface area (TPSA) is 78.4 Å². The number of carbonyl (C=O) groups is 2. The van der Waals surface area contributed by atoms with E-state index in [-0.39, 0.29) is 24.1 Å². The number of aliphatic carboxylic acids is 1. The van der Waals surface area contributed by atoms with E-state index in [0.717, 1.165) is 0 Å². The van der Waals surface area contributed by atoms with Crippen LogP contribution < -0.4 is 10.6 Å². The van der Waals surface area contributed by atoms with E-state index in [1.165, 1.54) is 0 Å². The Morgan fingerprint density at radius 2 is 1.87 bits per heavy atom. The second-order valence-corrected chi connectivity index (χ2v) is 3.67. The van der Waals surface area contributed by atoms with Gasteiger partial charge in [-0.2, -0.15) is 0 Å². The maximum Gasteiger partial charge on any atom is 0.332 e. The monoisotopic (exact) mass is 214 g/mol. The Labute approximate surface area is 89.6 Å². The summed E-state index contributed by atoms with van der Waals surface area (Å²) in [5, 5.41) is 14.0. The average molecular weight is 214 g/mol. The highest BCUT2D eigenvalue weighted by atomic mass is 16.4. The average Bonchev–Trinajstić information content (AvgIpc) is 2.12. The van der Waals surface area contributed by atoms with Crippen LogP contribution in [0.15, 0.2) is 12.2 Å². The summed E-state index contributed by atoms with van der Waals surface area (Å²) in [4.78, 5) is 21.8. The molecule has 86 valence electrons. The van der Waals surface area contributed by atoms with Crippen molar-refractivity contribution in [1.29, 1.82) is 0 Å². The Hall–Kier alpha value is -1.36. The first-order valence-electron chi connectivity index (χ1n) is 4.79. The molecule has 1 atom stereocenters. The van der Waals surface area contributed by atoms with Gasteiger partial charge in [0, 0.05) is 18.2 Å². The molecule has 0 aromatic heterocycles. The van der Waals surface area contributed by atoms with Gasteiger partial charge in [-0.15, -0.1) is 0 Å². The Morgan fingerprint density at radius 3 is 2.27 bits per heavy atom. The minimum Gasteiger partial charge on any atom is -0.478 e. The van der Waals surface area contributed by atoms with Crippen molar-refractivity contribution >= 4 is 11.9 Å². The van der Waals surface area contributed by atoms with E-state index < -0.39 is 12.0 Å². The molecule has 0 spiro atoms. The van der Waals surface area contributed by atoms with Gasteiger partial charge in [0.15, 0.2) is 0 Å². The van der Waals surface area contributed by atoms with Crippen LogP contribution in [0.1, 0.15) is 20.8 Å². The molecule has 5 heteroatoms. The van der Waals surface area contributed by atoms with Gasteiger partial charge in [-0.1, -0.05) is 6.58 Å². The van der Waals surface area contributed by atoms with Gasteiger partial charge in [0.05, 0.1) is 6.04 Å². The molecule has 0 heterocycles. The molecule has 0 fully saturated rings. The second-order valence-electron chi connectivity index (χ2n) is 3.67. The SMILES string of the molecule is C=C(CNC(C)C(=O)NC(C)C)C(=O)O. The molecule has 0 aliphatic rings. The first-order chi connectivity index (χ1) is 6.84. The Balaban J connectivity index is 3.93. The molecule has 0 aliphatic carbocycles. The zero-order valence-corrected chi connectivity index (χ0v) is 9.33. The molecular weight excluding hydrogens is 196 g/mol. The van der Waals surface area contributed by atoms with Crippen LogP contribution in [0.2, 0.25) is 0 Å². The molecule has 1 amide bonds. The summed E-state index contributed by atoms with van der Waals surface area (Å²) in [7, 11) is 0. The van der Waals surface area contributed by atoms with Crippen LogP contribution in [0.3, 0.4) is 0 Å². The summed E-state index contributed by atoms with van der Waals surface area (Å²) in [5.74, 6) is -1.21. The van der Waals surface area contributed by atoms with E-state index in [2.05, 4.69) is 17.2 Å². The van der Waals surface area contributed by atoms with E-state index in [0.29, 0.717) is 0 Å². The van der Waals surface area contributed by atoms with E-state index in [9.17, 15) is 9.59 Å². The fraction of sp³-hybridized carbons (Fsp3) is 0.600. The molecule has 0 rings (SSSR count). The smallest absolute Gasteiger partial charge is 0.332 e. The van der Waals surface area contributed by atoms with Crippen LogP contribution in [0.5, 0.6) is 0 Å². The van der Waals surface area contributed by atoms with E-state index in [1.54, 1.807) is 6.92 Å². The van der Waals surface area contributed by atoms with Crippen molar-refractivity contribution in [3.63, 3.8) is 0 Å². The van der Waals surface area contributed by atoms with Gasteiger partial charge < -0.3 is 15.7 Å². The molecular formula is C10H18N2O3. The Morgan fingerprint density at radius 1 is 1.33 bits per heavy atom. The maximum atomic E-state index is 11.4. The lowest BCUT2D eigenvalue weighted by Gasteiger charge is -2.15. The quantitative estimate of drug-likeness (QED) is 0.549. The van der Waals surface area contributed by atoms with Gasteiger partial charge in [-0.05, 0) is 20.8 Å². The van der Waals surface area contributed by atoms with Crippen LogP contribution in [-0.4, -0.2) is 35.6 Å². The fourth-order valence-corrected chi connectivity index (χ4v) is 0.854. The van der Waals surface area contributed by atoms with Crippen LogP contribution >= 0.6 is 0 Å². The third kappa shape index (κ3) is 5.85. The molecule has 15 heavy (non-hydrogen) atoms. The number of rotatable bonds is 6. The number of carboxylic acids is 1. The molecule has 0 aromatic carbocycles. The molecule has 0 saturated heterocycles. The normalized spacial score (nSPS) is 12.3. The predicted molar refractivity (Wildman–Crippen MR) is 57.5 cm³/mol. The van der Waals surface area contributed by atoms with E-state index in [1.807, 2.05) is 13.8 Å². The Kier molecular flexibility index (Phi) is 5.62. The highest BCUT2D eigenvalue weighted by Crippen LogP contribution is 1.90. The number of hydrogen-bond acceptors (Lipinski definition) is 3. The lowest BCUT2D eigenvalue weighted by Crippen LogP contribution is -2.45. The first kappa shape index (κ1) is 13.6. The van der Waals surface area contributed by atoms with Crippen molar-refractivity contribution in [1.82, 2.24) is 10.6 Å². The van der Waals surface area contributed by atoms with Crippen LogP contribution in [-0.2, 0) is 9.59 Å². The van der Waals surface area contributed by atoms with Gasteiger partial charge in [0.2, 0.25) is 5.91 Å². The highest BCUT2D eigenvalue weighted by Gasteiger charge is 2.14. The number of carbonyl (C=O) groups excluding carboxylic acids is 1. The van der Waals surface area contributed by atoms with Gasteiger partial charge in [0.1, 0.15) is 0 Å². The minimum absolute atomic E-state index is 0.0409. The summed E-state index contributed by atoms with van der Waals surface area (Å²) in [5.41, 5.74) is 0.0409. The van der Waals surface area contributed by atoms with Crippen molar-refractivity contribution in [2.75, 3.05) is 6.54 Å². The maximum absolute atomic E-state index is 11.4. The van der Waals surface area contributed by atoms with Crippen molar-refractivity contribution in [3.05, 3.63) is 12.2 Å². The van der Waals surface area contributed by atoms with Gasteiger partial charge in [-0.25, -0.2) is 4.79 Å². The van der Waals surface area contributed by atoms with Crippen molar-refractivity contribution in [2.24, 2.45) is 0 Å².